The molecule has 0 aliphatic heterocycles. The second-order valence-corrected chi connectivity index (χ2v) is 7.53. The van der Waals surface area contributed by atoms with Gasteiger partial charge >= 0.3 is 5.97 Å². The van der Waals surface area contributed by atoms with Crippen LogP contribution in [-0.2, 0) is 11.8 Å². The molecule has 4 rings (SSSR count). The van der Waals surface area contributed by atoms with Crippen molar-refractivity contribution in [1.82, 2.24) is 9.36 Å². The molecule has 6 heteroatoms. The first kappa shape index (κ1) is 21.2. The molecule has 0 amide bonds. The van der Waals surface area contributed by atoms with Crippen molar-refractivity contribution in [2.45, 2.75) is 13.0 Å². The second-order valence-electron chi connectivity index (χ2n) is 7.53. The number of benzene rings is 3. The first-order chi connectivity index (χ1) is 15.5. The lowest BCUT2D eigenvalue weighted by Crippen LogP contribution is -2.24. The van der Waals surface area contributed by atoms with Gasteiger partial charge in [0.1, 0.15) is 0 Å². The van der Waals surface area contributed by atoms with E-state index in [0.29, 0.717) is 11.1 Å². The van der Waals surface area contributed by atoms with Crippen molar-refractivity contribution < 1.29 is 9.53 Å². The second kappa shape index (κ2) is 8.98. The summed E-state index contributed by atoms with van der Waals surface area (Å²) >= 11 is 0. The van der Waals surface area contributed by atoms with Gasteiger partial charge in [-0.15, -0.1) is 0 Å². The van der Waals surface area contributed by atoms with Crippen molar-refractivity contribution in [2.24, 2.45) is 7.05 Å². The van der Waals surface area contributed by atoms with Gasteiger partial charge < -0.3 is 10.1 Å². The van der Waals surface area contributed by atoms with Crippen LogP contribution in [0.4, 0.5) is 5.69 Å². The van der Waals surface area contributed by atoms with E-state index >= 15 is 0 Å². The number of carbonyl (C=O) groups excluding carboxylic acids is 1. The van der Waals surface area contributed by atoms with Crippen LogP contribution in [0.1, 0.15) is 33.2 Å². The number of nitrogens with one attached hydrogen (secondary N) is 1. The molecular formula is C26H25N3O3. The molecule has 0 saturated carbocycles. The van der Waals surface area contributed by atoms with Gasteiger partial charge in [0.05, 0.1) is 30.0 Å². The molecule has 0 bridgehead atoms. The molecular weight excluding hydrogens is 402 g/mol. The van der Waals surface area contributed by atoms with E-state index < -0.39 is 0 Å². The zero-order valence-electron chi connectivity index (χ0n) is 18.3. The summed E-state index contributed by atoms with van der Waals surface area (Å²) < 4.78 is 8.34. The third-order valence-corrected chi connectivity index (χ3v) is 5.64. The molecule has 0 saturated heterocycles. The Kier molecular flexibility index (Phi) is 5.94. The number of ether oxygens (including phenoxy) is 1. The van der Waals surface area contributed by atoms with Gasteiger partial charge in [-0.1, -0.05) is 48.5 Å². The number of aromatic nitrogens is 2. The van der Waals surface area contributed by atoms with Gasteiger partial charge in [0.15, 0.2) is 0 Å². The maximum atomic E-state index is 13.6. The average Bonchev–Trinajstić information content (AvgIpc) is 3.06. The molecule has 0 aliphatic rings. The quantitative estimate of drug-likeness (QED) is 0.461. The fourth-order valence-electron chi connectivity index (χ4n) is 3.88. The summed E-state index contributed by atoms with van der Waals surface area (Å²) in [4.78, 5) is 25.4. The summed E-state index contributed by atoms with van der Waals surface area (Å²) in [5.74, 6) is -0.388. The number of hydrogen-bond acceptors (Lipinski definition) is 4. The molecule has 32 heavy (non-hydrogen) atoms. The van der Waals surface area contributed by atoms with E-state index in [1.54, 1.807) is 16.8 Å². The standard InChI is InChI=1S/C26H25N3O3/c1-18-23(25(30)29(28(18)2)22-12-8-5-9-13-22)24(19-10-6-4-7-11-19)27-21-16-14-20(15-17-21)26(31)32-3/h4-17,24,27H,1-3H3/t24-/m1/s1. The molecule has 0 radical (unpaired) electrons. The number of nitrogens with zero attached hydrogens (tertiary/aromatic N) is 2. The minimum Gasteiger partial charge on any atom is -0.465 e. The molecule has 0 aliphatic carbocycles. The molecule has 1 aromatic heterocycles. The van der Waals surface area contributed by atoms with Crippen LogP contribution in [-0.4, -0.2) is 22.4 Å². The third kappa shape index (κ3) is 3.95. The Morgan fingerprint density at radius 1 is 0.906 bits per heavy atom. The van der Waals surface area contributed by atoms with Crippen molar-refractivity contribution in [1.29, 1.82) is 0 Å². The Morgan fingerprint density at radius 3 is 2.09 bits per heavy atom. The van der Waals surface area contributed by atoms with Crippen LogP contribution in [0.25, 0.3) is 5.69 Å². The normalized spacial score (nSPS) is 11.7. The van der Waals surface area contributed by atoms with Crippen molar-refractivity contribution in [3.8, 4) is 5.69 Å². The van der Waals surface area contributed by atoms with E-state index in [1.165, 1.54) is 7.11 Å². The summed E-state index contributed by atoms with van der Waals surface area (Å²) in [6.45, 7) is 1.95. The lowest BCUT2D eigenvalue weighted by atomic mass is 9.98. The van der Waals surface area contributed by atoms with Gasteiger partial charge in [-0.05, 0) is 48.9 Å². The van der Waals surface area contributed by atoms with Gasteiger partial charge in [-0.3, -0.25) is 9.48 Å². The average molecular weight is 428 g/mol. The van der Waals surface area contributed by atoms with Crippen LogP contribution in [0.3, 0.4) is 0 Å². The molecule has 1 N–H and O–H groups in total. The Hall–Kier alpha value is -4.06. The van der Waals surface area contributed by atoms with Crippen LogP contribution >= 0.6 is 0 Å². The fraction of sp³-hybridized carbons (Fsp3) is 0.154. The first-order valence-electron chi connectivity index (χ1n) is 10.3. The van der Waals surface area contributed by atoms with Gasteiger partial charge in [0.2, 0.25) is 0 Å². The smallest absolute Gasteiger partial charge is 0.337 e. The highest BCUT2D eigenvalue weighted by Gasteiger charge is 2.25. The maximum absolute atomic E-state index is 13.6. The van der Waals surface area contributed by atoms with E-state index in [4.69, 9.17) is 4.74 Å². The Bertz CT molecular complexity index is 1270. The molecule has 3 aromatic carbocycles. The topological polar surface area (TPSA) is 65.3 Å². The van der Waals surface area contributed by atoms with E-state index in [1.807, 2.05) is 91.4 Å². The van der Waals surface area contributed by atoms with Crippen molar-refractivity contribution in [2.75, 3.05) is 12.4 Å². The molecule has 1 atom stereocenters. The highest BCUT2D eigenvalue weighted by atomic mass is 16.5. The zero-order valence-corrected chi connectivity index (χ0v) is 18.3. The number of methoxy groups -OCH3 is 1. The van der Waals surface area contributed by atoms with Gasteiger partial charge in [-0.2, -0.15) is 0 Å². The number of para-hydroxylation sites is 1. The number of anilines is 1. The minimum atomic E-state index is -0.388. The van der Waals surface area contributed by atoms with Crippen LogP contribution in [0, 0.1) is 6.92 Å². The van der Waals surface area contributed by atoms with Crippen molar-refractivity contribution in [3.63, 3.8) is 0 Å². The highest BCUT2D eigenvalue weighted by Crippen LogP contribution is 2.28. The highest BCUT2D eigenvalue weighted by molar-refractivity contribution is 5.89. The SMILES string of the molecule is COC(=O)c1ccc(N[C@H](c2ccccc2)c2c(C)n(C)n(-c3ccccc3)c2=O)cc1. The molecule has 162 valence electrons. The molecule has 6 nitrogen and oxygen atoms in total. The van der Waals surface area contributed by atoms with Crippen LogP contribution in [0.5, 0.6) is 0 Å². The van der Waals surface area contributed by atoms with E-state index in [0.717, 1.165) is 22.6 Å². The number of rotatable bonds is 6. The molecule has 0 spiro atoms. The number of hydrogen-bond donors (Lipinski definition) is 1. The summed E-state index contributed by atoms with van der Waals surface area (Å²) in [5.41, 5.74) is 4.49. The lowest BCUT2D eigenvalue weighted by molar-refractivity contribution is 0.0601. The molecule has 0 unspecified atom stereocenters. The Morgan fingerprint density at radius 2 is 1.50 bits per heavy atom. The van der Waals surface area contributed by atoms with Crippen LogP contribution in [0.2, 0.25) is 0 Å². The van der Waals surface area contributed by atoms with Crippen molar-refractivity contribution in [3.05, 3.63) is 118 Å². The van der Waals surface area contributed by atoms with E-state index in [2.05, 4.69) is 5.32 Å². The summed E-state index contributed by atoms with van der Waals surface area (Å²) in [6, 6.07) is 26.1. The first-order valence-corrected chi connectivity index (χ1v) is 10.3. The van der Waals surface area contributed by atoms with Crippen LogP contribution < -0.4 is 10.9 Å². The predicted octanol–water partition coefficient (Wildman–Crippen LogP) is 4.47. The van der Waals surface area contributed by atoms with Crippen LogP contribution in [0.15, 0.2) is 89.7 Å². The van der Waals surface area contributed by atoms with E-state index in [9.17, 15) is 9.59 Å². The van der Waals surface area contributed by atoms with Crippen molar-refractivity contribution >= 4 is 11.7 Å². The molecule has 1 heterocycles. The van der Waals surface area contributed by atoms with Gasteiger partial charge in [-0.25, -0.2) is 9.48 Å². The number of carbonyl (C=O) groups is 1. The Balaban J connectivity index is 1.81. The Labute approximate surface area is 186 Å². The molecule has 0 fully saturated rings. The van der Waals surface area contributed by atoms with E-state index in [-0.39, 0.29) is 17.6 Å². The van der Waals surface area contributed by atoms with Gasteiger partial charge in [0, 0.05) is 18.4 Å². The largest absolute Gasteiger partial charge is 0.465 e. The number of esters is 1. The predicted molar refractivity (Wildman–Crippen MR) is 125 cm³/mol. The zero-order chi connectivity index (χ0) is 22.7. The monoisotopic (exact) mass is 427 g/mol. The fourth-order valence-corrected chi connectivity index (χ4v) is 3.88. The molecule has 4 aromatic rings. The summed E-state index contributed by atoms with van der Waals surface area (Å²) in [7, 11) is 3.25. The maximum Gasteiger partial charge on any atom is 0.337 e. The minimum absolute atomic E-state index is 0.0799. The summed E-state index contributed by atoms with van der Waals surface area (Å²) in [6.07, 6.45) is 0. The van der Waals surface area contributed by atoms with Gasteiger partial charge in [0.25, 0.3) is 5.56 Å². The lowest BCUT2D eigenvalue weighted by Gasteiger charge is -2.20. The third-order valence-electron chi connectivity index (χ3n) is 5.64. The summed E-state index contributed by atoms with van der Waals surface area (Å²) in [5, 5.41) is 3.49.